The zero-order valence-corrected chi connectivity index (χ0v) is 9.43. The van der Waals surface area contributed by atoms with E-state index in [9.17, 15) is 9.90 Å². The van der Waals surface area contributed by atoms with Crippen LogP contribution >= 0.6 is 11.3 Å². The highest BCUT2D eigenvalue weighted by Crippen LogP contribution is 2.23. The molecular formula is C11H16O2S. The van der Waals surface area contributed by atoms with Crippen molar-refractivity contribution in [3.05, 3.63) is 21.9 Å². The molecule has 0 aliphatic rings. The highest BCUT2D eigenvalue weighted by Gasteiger charge is 2.20. The van der Waals surface area contributed by atoms with Crippen LogP contribution in [0, 0.1) is 0 Å². The second-order valence-corrected chi connectivity index (χ2v) is 5.02. The van der Waals surface area contributed by atoms with Gasteiger partial charge in [-0.1, -0.05) is 6.92 Å². The minimum Gasteiger partial charge on any atom is -0.389 e. The third-order valence-corrected chi connectivity index (χ3v) is 3.37. The van der Waals surface area contributed by atoms with Crippen molar-refractivity contribution in [2.45, 2.75) is 38.7 Å². The van der Waals surface area contributed by atoms with E-state index in [1.54, 1.807) is 18.3 Å². The van der Waals surface area contributed by atoms with E-state index in [0.29, 0.717) is 6.42 Å². The lowest BCUT2D eigenvalue weighted by Gasteiger charge is -2.19. The number of hydrogen-bond acceptors (Lipinski definition) is 3. The molecule has 0 amide bonds. The van der Waals surface area contributed by atoms with Gasteiger partial charge in [-0.05, 0) is 25.5 Å². The van der Waals surface area contributed by atoms with Crippen LogP contribution in [0.4, 0.5) is 0 Å². The second kappa shape index (κ2) is 4.71. The van der Waals surface area contributed by atoms with Gasteiger partial charge in [-0.15, -0.1) is 11.3 Å². The van der Waals surface area contributed by atoms with Gasteiger partial charge in [0.15, 0.2) is 0 Å². The first-order chi connectivity index (χ1) is 6.57. The van der Waals surface area contributed by atoms with Crippen molar-refractivity contribution in [2.24, 2.45) is 0 Å². The van der Waals surface area contributed by atoms with Gasteiger partial charge in [0.2, 0.25) is 0 Å². The van der Waals surface area contributed by atoms with Crippen molar-refractivity contribution in [3.8, 4) is 0 Å². The highest BCUT2D eigenvalue weighted by atomic mass is 32.1. The molecular weight excluding hydrogens is 196 g/mol. The first kappa shape index (κ1) is 11.4. The standard InChI is InChI=1S/C11H16O2S/c1-3-9-4-5-10(14-9)8-11(2,13)6-7-12/h4-5,7,13H,3,6,8H2,1-2H3. The van der Waals surface area contributed by atoms with Crippen molar-refractivity contribution in [1.82, 2.24) is 0 Å². The molecule has 2 nitrogen and oxygen atoms in total. The molecule has 0 saturated carbocycles. The van der Waals surface area contributed by atoms with Crippen LogP contribution < -0.4 is 0 Å². The number of thiophene rings is 1. The number of aliphatic hydroxyl groups is 1. The SMILES string of the molecule is CCc1ccc(CC(C)(O)CC=O)s1. The predicted octanol–water partition coefficient (Wildman–Crippen LogP) is 2.19. The first-order valence-corrected chi connectivity index (χ1v) is 5.62. The van der Waals surface area contributed by atoms with Crippen molar-refractivity contribution in [3.63, 3.8) is 0 Å². The van der Waals surface area contributed by atoms with E-state index in [0.717, 1.165) is 17.6 Å². The lowest BCUT2D eigenvalue weighted by Crippen LogP contribution is -2.27. The van der Waals surface area contributed by atoms with Crippen LogP contribution in [0.2, 0.25) is 0 Å². The summed E-state index contributed by atoms with van der Waals surface area (Å²) in [5.74, 6) is 0. The minimum atomic E-state index is -0.891. The molecule has 0 aliphatic heterocycles. The van der Waals surface area contributed by atoms with Gasteiger partial charge >= 0.3 is 0 Å². The van der Waals surface area contributed by atoms with Gasteiger partial charge < -0.3 is 9.90 Å². The molecule has 14 heavy (non-hydrogen) atoms. The first-order valence-electron chi connectivity index (χ1n) is 4.81. The third kappa shape index (κ3) is 3.24. The lowest BCUT2D eigenvalue weighted by atomic mass is 9.98. The smallest absolute Gasteiger partial charge is 0.122 e. The maximum atomic E-state index is 10.3. The van der Waals surface area contributed by atoms with Crippen LogP contribution in [0.5, 0.6) is 0 Å². The highest BCUT2D eigenvalue weighted by molar-refractivity contribution is 7.12. The predicted molar refractivity (Wildman–Crippen MR) is 58.7 cm³/mol. The van der Waals surface area contributed by atoms with E-state index in [1.807, 2.05) is 6.07 Å². The van der Waals surface area contributed by atoms with Crippen molar-refractivity contribution in [1.29, 1.82) is 0 Å². The van der Waals surface area contributed by atoms with Gasteiger partial charge in [0.1, 0.15) is 6.29 Å². The second-order valence-electron chi connectivity index (χ2n) is 3.77. The summed E-state index contributed by atoms with van der Waals surface area (Å²) in [4.78, 5) is 12.8. The zero-order chi connectivity index (χ0) is 10.6. The largest absolute Gasteiger partial charge is 0.389 e. The van der Waals surface area contributed by atoms with E-state index < -0.39 is 5.60 Å². The Morgan fingerprint density at radius 2 is 2.14 bits per heavy atom. The Balaban J connectivity index is 2.63. The molecule has 0 spiro atoms. The molecule has 1 unspecified atom stereocenters. The Kier molecular flexibility index (Phi) is 3.84. The summed E-state index contributed by atoms with van der Waals surface area (Å²) in [5.41, 5.74) is -0.891. The summed E-state index contributed by atoms with van der Waals surface area (Å²) in [5, 5.41) is 9.83. The normalized spacial score (nSPS) is 15.1. The van der Waals surface area contributed by atoms with Gasteiger partial charge in [0.25, 0.3) is 0 Å². The van der Waals surface area contributed by atoms with Crippen LogP contribution in [-0.2, 0) is 17.6 Å². The van der Waals surface area contributed by atoms with Crippen molar-refractivity contribution in [2.75, 3.05) is 0 Å². The summed E-state index contributed by atoms with van der Waals surface area (Å²) in [6.07, 6.45) is 2.57. The van der Waals surface area contributed by atoms with Crippen molar-refractivity contribution >= 4 is 17.6 Å². The van der Waals surface area contributed by atoms with Gasteiger partial charge in [-0.2, -0.15) is 0 Å². The molecule has 1 heterocycles. The lowest BCUT2D eigenvalue weighted by molar-refractivity contribution is -0.111. The van der Waals surface area contributed by atoms with E-state index in [-0.39, 0.29) is 6.42 Å². The molecule has 0 saturated heterocycles. The molecule has 1 rings (SSSR count). The Hall–Kier alpha value is -0.670. The fourth-order valence-corrected chi connectivity index (χ4v) is 2.47. The maximum Gasteiger partial charge on any atom is 0.122 e. The molecule has 0 fully saturated rings. The molecule has 0 radical (unpaired) electrons. The number of carbonyl (C=O) groups excluding carboxylic acids is 1. The van der Waals surface area contributed by atoms with Gasteiger partial charge in [0, 0.05) is 22.6 Å². The quantitative estimate of drug-likeness (QED) is 0.760. The maximum absolute atomic E-state index is 10.3. The van der Waals surface area contributed by atoms with Crippen LogP contribution in [0.15, 0.2) is 12.1 Å². The molecule has 0 aliphatic carbocycles. The van der Waals surface area contributed by atoms with E-state index in [2.05, 4.69) is 13.0 Å². The zero-order valence-electron chi connectivity index (χ0n) is 8.62. The summed E-state index contributed by atoms with van der Waals surface area (Å²) < 4.78 is 0. The van der Waals surface area contributed by atoms with Gasteiger partial charge in [-0.25, -0.2) is 0 Å². The van der Waals surface area contributed by atoms with Gasteiger partial charge in [0.05, 0.1) is 5.60 Å². The Labute approximate surface area is 88.6 Å². The molecule has 0 bridgehead atoms. The average Bonchev–Trinajstić information content (AvgIpc) is 2.51. The summed E-state index contributed by atoms with van der Waals surface area (Å²) in [7, 11) is 0. The van der Waals surface area contributed by atoms with Gasteiger partial charge in [-0.3, -0.25) is 0 Å². The number of carbonyl (C=O) groups is 1. The van der Waals surface area contributed by atoms with Crippen LogP contribution in [0.3, 0.4) is 0 Å². The summed E-state index contributed by atoms with van der Waals surface area (Å²) in [6, 6.07) is 4.11. The van der Waals surface area contributed by atoms with E-state index in [4.69, 9.17) is 0 Å². The van der Waals surface area contributed by atoms with Crippen molar-refractivity contribution < 1.29 is 9.90 Å². The Morgan fingerprint density at radius 3 is 2.64 bits per heavy atom. The molecule has 78 valence electrons. The van der Waals surface area contributed by atoms with Crippen LogP contribution in [0.1, 0.15) is 30.0 Å². The topological polar surface area (TPSA) is 37.3 Å². The monoisotopic (exact) mass is 212 g/mol. The number of aldehydes is 1. The number of rotatable bonds is 5. The number of hydrogen-bond donors (Lipinski definition) is 1. The molecule has 0 aromatic carbocycles. The Morgan fingerprint density at radius 1 is 1.50 bits per heavy atom. The molecule has 1 atom stereocenters. The van der Waals surface area contributed by atoms with Crippen LogP contribution in [0.25, 0.3) is 0 Å². The number of aryl methyl sites for hydroxylation is 1. The van der Waals surface area contributed by atoms with E-state index >= 15 is 0 Å². The van der Waals surface area contributed by atoms with E-state index in [1.165, 1.54) is 4.88 Å². The minimum absolute atomic E-state index is 0.201. The average molecular weight is 212 g/mol. The molecule has 1 N–H and O–H groups in total. The van der Waals surface area contributed by atoms with Crippen LogP contribution in [-0.4, -0.2) is 17.0 Å². The third-order valence-electron chi connectivity index (χ3n) is 2.14. The molecule has 1 aromatic heterocycles. The molecule has 3 heteroatoms. The Bertz CT molecular complexity index is 302. The fourth-order valence-electron chi connectivity index (χ4n) is 1.33. The summed E-state index contributed by atoms with van der Waals surface area (Å²) in [6.45, 7) is 3.81. The fraction of sp³-hybridized carbons (Fsp3) is 0.545. The summed E-state index contributed by atoms with van der Waals surface area (Å²) >= 11 is 1.71. The molecule has 1 aromatic rings.